The second-order valence-corrected chi connectivity index (χ2v) is 8.13. The summed E-state index contributed by atoms with van der Waals surface area (Å²) in [6, 6.07) is 0. The second kappa shape index (κ2) is 12.3. The van der Waals surface area contributed by atoms with Gasteiger partial charge in [-0.15, -0.1) is 0 Å². The van der Waals surface area contributed by atoms with Gasteiger partial charge in [0.25, 0.3) is 0 Å². The van der Waals surface area contributed by atoms with Crippen molar-refractivity contribution in [2.45, 2.75) is 76.3 Å². The van der Waals surface area contributed by atoms with Crippen LogP contribution in [-0.4, -0.2) is 109 Å². The molecule has 0 aliphatic carbocycles. The van der Waals surface area contributed by atoms with Gasteiger partial charge in [0, 0.05) is 6.61 Å². The predicted molar refractivity (Wildman–Crippen MR) is 101 cm³/mol. The lowest BCUT2D eigenvalue weighted by molar-refractivity contribution is -0.893. The Bertz CT molecular complexity index is 396. The molecule has 1 aliphatic heterocycles. The van der Waals surface area contributed by atoms with Gasteiger partial charge >= 0.3 is 0 Å². The second-order valence-electron chi connectivity index (χ2n) is 8.13. The van der Waals surface area contributed by atoms with E-state index in [1.165, 1.54) is 0 Å². The Balaban J connectivity index is 2.42. The molecule has 0 saturated carbocycles. The van der Waals surface area contributed by atoms with Gasteiger partial charge in [0.1, 0.15) is 37.1 Å². The number of ether oxygens (including phenoxy) is 3. The van der Waals surface area contributed by atoms with E-state index in [0.717, 1.165) is 32.2 Å². The van der Waals surface area contributed by atoms with Gasteiger partial charge in [-0.1, -0.05) is 26.7 Å². The minimum absolute atomic E-state index is 0.00195. The quantitative estimate of drug-likeness (QED) is 0.254. The van der Waals surface area contributed by atoms with Crippen molar-refractivity contribution in [1.82, 2.24) is 0 Å². The normalized spacial score (nSPS) is 30.4. The van der Waals surface area contributed by atoms with Crippen LogP contribution in [0.15, 0.2) is 0 Å². The maximum absolute atomic E-state index is 10.2. The summed E-state index contributed by atoms with van der Waals surface area (Å²) in [7, 11) is 4.14. The van der Waals surface area contributed by atoms with E-state index in [9.17, 15) is 20.4 Å². The van der Waals surface area contributed by atoms with Crippen LogP contribution in [0.25, 0.3) is 0 Å². The molecule has 1 unspecified atom stereocenters. The van der Waals surface area contributed by atoms with Gasteiger partial charge in [-0.05, 0) is 12.8 Å². The number of quaternary nitrogens is 1. The molecule has 1 aliphatic rings. The number of likely N-dealkylation sites (N-methyl/N-ethyl adjacent to an activating group) is 1. The van der Waals surface area contributed by atoms with E-state index < -0.39 is 36.8 Å². The topological polar surface area (TPSA) is 109 Å². The summed E-state index contributed by atoms with van der Waals surface area (Å²) in [5.41, 5.74) is 0. The monoisotopic (exact) mass is 394 g/mol. The van der Waals surface area contributed by atoms with Crippen molar-refractivity contribution in [1.29, 1.82) is 0 Å². The summed E-state index contributed by atoms with van der Waals surface area (Å²) in [5, 5.41) is 40.3. The highest BCUT2D eigenvalue weighted by Crippen LogP contribution is 2.22. The number of hydrogen-bond acceptors (Lipinski definition) is 7. The van der Waals surface area contributed by atoms with Crippen molar-refractivity contribution in [3.8, 4) is 0 Å². The summed E-state index contributed by atoms with van der Waals surface area (Å²) in [6.07, 6.45) is -2.46. The van der Waals surface area contributed by atoms with Crippen LogP contribution in [0.3, 0.4) is 0 Å². The maximum atomic E-state index is 10.2. The van der Waals surface area contributed by atoms with Crippen molar-refractivity contribution in [2.24, 2.45) is 0 Å². The number of aliphatic hydroxyl groups is 4. The first-order chi connectivity index (χ1) is 12.7. The molecule has 0 aromatic heterocycles. The number of unbranched alkanes of at least 4 members (excludes halogenated alkanes) is 2. The van der Waals surface area contributed by atoms with Crippen LogP contribution in [-0.2, 0) is 14.2 Å². The first kappa shape index (κ1) is 24.7. The van der Waals surface area contributed by atoms with Gasteiger partial charge < -0.3 is 39.1 Å². The van der Waals surface area contributed by atoms with Crippen molar-refractivity contribution in [3.63, 3.8) is 0 Å². The smallest absolute Gasteiger partial charge is 0.186 e. The molecular weight excluding hydrogens is 354 g/mol. The minimum Gasteiger partial charge on any atom is -0.387 e. The molecule has 0 aromatic rings. The molecule has 4 N–H and O–H groups in total. The summed E-state index contributed by atoms with van der Waals surface area (Å²) < 4.78 is 17.3. The van der Waals surface area contributed by atoms with Crippen molar-refractivity contribution in [3.05, 3.63) is 0 Å². The molecule has 6 atom stereocenters. The van der Waals surface area contributed by atoms with E-state index in [4.69, 9.17) is 14.2 Å². The van der Waals surface area contributed by atoms with Gasteiger partial charge in [-0.3, -0.25) is 0 Å². The highest BCUT2D eigenvalue weighted by Gasteiger charge is 2.44. The fourth-order valence-electron chi connectivity index (χ4n) is 3.16. The molecule has 1 fully saturated rings. The zero-order valence-electron chi connectivity index (χ0n) is 17.3. The fraction of sp³-hybridized carbons (Fsp3) is 1.00. The van der Waals surface area contributed by atoms with Crippen LogP contribution in [0.4, 0.5) is 0 Å². The Morgan fingerprint density at radius 2 is 1.67 bits per heavy atom. The lowest BCUT2D eigenvalue weighted by atomic mass is 9.99. The van der Waals surface area contributed by atoms with Crippen molar-refractivity contribution in [2.75, 3.05) is 47.0 Å². The highest BCUT2D eigenvalue weighted by atomic mass is 16.7. The largest absolute Gasteiger partial charge is 0.387 e. The Morgan fingerprint density at radius 3 is 2.30 bits per heavy atom. The Hall–Kier alpha value is -0.320. The van der Waals surface area contributed by atoms with Gasteiger partial charge in [0.05, 0.1) is 33.9 Å². The zero-order valence-corrected chi connectivity index (χ0v) is 17.3. The molecule has 8 heteroatoms. The summed E-state index contributed by atoms with van der Waals surface area (Å²) in [4.78, 5) is 0. The van der Waals surface area contributed by atoms with E-state index in [1.807, 2.05) is 6.92 Å². The minimum atomic E-state index is -1.37. The molecule has 0 radical (unpaired) electrons. The van der Waals surface area contributed by atoms with Gasteiger partial charge in [-0.25, -0.2) is 0 Å². The zero-order chi connectivity index (χ0) is 20.4. The van der Waals surface area contributed by atoms with Crippen molar-refractivity contribution < 1.29 is 39.1 Å². The van der Waals surface area contributed by atoms with E-state index in [2.05, 4.69) is 21.0 Å². The lowest BCUT2D eigenvalue weighted by Gasteiger charge is -2.40. The third-order valence-electron chi connectivity index (χ3n) is 4.86. The molecule has 0 aromatic carbocycles. The molecule has 0 spiro atoms. The average Bonchev–Trinajstić information content (AvgIpc) is 2.61. The van der Waals surface area contributed by atoms with Crippen molar-refractivity contribution >= 4 is 0 Å². The number of hydrogen-bond donors (Lipinski definition) is 4. The third-order valence-corrected chi connectivity index (χ3v) is 4.86. The van der Waals surface area contributed by atoms with Crippen LogP contribution in [0.5, 0.6) is 0 Å². The van der Waals surface area contributed by atoms with Crippen LogP contribution in [0.2, 0.25) is 0 Å². The third kappa shape index (κ3) is 8.70. The number of nitrogens with zero attached hydrogens (tertiary/aromatic N) is 1. The summed E-state index contributed by atoms with van der Waals surface area (Å²) >= 11 is 0. The predicted octanol–water partition coefficient (Wildman–Crippen LogP) is -0.135. The highest BCUT2D eigenvalue weighted by molar-refractivity contribution is 4.89. The molecule has 1 rings (SSSR count). The molecule has 27 heavy (non-hydrogen) atoms. The fourth-order valence-corrected chi connectivity index (χ4v) is 3.16. The van der Waals surface area contributed by atoms with E-state index in [-0.39, 0.29) is 13.2 Å². The molecular formula is C19H40NO7+. The SMILES string of the molecule is CCCCO[C@@H]1O[C@H](COCC(O)C[N+](C)(C)CCCC)[C@@H](O)[C@H](O)[C@H]1O. The van der Waals surface area contributed by atoms with Crippen LogP contribution >= 0.6 is 0 Å². The number of aliphatic hydroxyl groups excluding tert-OH is 4. The van der Waals surface area contributed by atoms with Gasteiger partial charge in [0.2, 0.25) is 0 Å². The standard InChI is InChI=1S/C19H40NO7/c1-5-7-9-20(3,4)11-14(21)12-25-13-15-16(22)17(23)18(24)19(27-15)26-10-8-6-2/h14-19,21-24H,5-13H2,1-4H3/q+1/t14?,15-,16-,17+,18-,19-/m1/s1. The van der Waals surface area contributed by atoms with Crippen LogP contribution < -0.4 is 0 Å². The first-order valence-electron chi connectivity index (χ1n) is 10.1. The van der Waals surface area contributed by atoms with Crippen LogP contribution in [0, 0.1) is 0 Å². The molecule has 8 nitrogen and oxygen atoms in total. The molecule has 0 bridgehead atoms. The van der Waals surface area contributed by atoms with E-state index in [0.29, 0.717) is 17.6 Å². The van der Waals surface area contributed by atoms with Gasteiger partial charge in [-0.2, -0.15) is 0 Å². The summed E-state index contributed by atoms with van der Waals surface area (Å²) in [5.74, 6) is 0. The molecule has 162 valence electrons. The molecule has 1 saturated heterocycles. The van der Waals surface area contributed by atoms with Crippen LogP contribution in [0.1, 0.15) is 39.5 Å². The van der Waals surface area contributed by atoms with Gasteiger partial charge in [0.15, 0.2) is 6.29 Å². The summed E-state index contributed by atoms with van der Waals surface area (Å²) in [6.45, 7) is 6.22. The Morgan fingerprint density at radius 1 is 1.00 bits per heavy atom. The molecule has 0 amide bonds. The maximum Gasteiger partial charge on any atom is 0.186 e. The molecule has 1 heterocycles. The lowest BCUT2D eigenvalue weighted by Crippen LogP contribution is -2.59. The average molecular weight is 395 g/mol. The van der Waals surface area contributed by atoms with E-state index in [1.54, 1.807) is 0 Å². The Kier molecular flexibility index (Phi) is 11.2. The first-order valence-corrected chi connectivity index (χ1v) is 10.1. The Labute approximate surface area is 163 Å². The van der Waals surface area contributed by atoms with E-state index >= 15 is 0 Å². The number of rotatable bonds is 13.